The summed E-state index contributed by atoms with van der Waals surface area (Å²) in [5.41, 5.74) is 0.872. The minimum atomic E-state index is -1.16. The monoisotopic (exact) mass is 270 g/mol. The normalized spacial score (nSPS) is 23.3. The van der Waals surface area contributed by atoms with E-state index in [9.17, 15) is 14.7 Å². The lowest BCUT2D eigenvalue weighted by atomic mass is 10.1. The van der Waals surface area contributed by atoms with Gasteiger partial charge in [-0.1, -0.05) is 19.4 Å². The fraction of sp³-hybridized carbons (Fsp3) is 0.692. The van der Waals surface area contributed by atoms with Gasteiger partial charge in [-0.3, -0.25) is 4.79 Å². The van der Waals surface area contributed by atoms with E-state index in [1.54, 1.807) is 0 Å². The summed E-state index contributed by atoms with van der Waals surface area (Å²) in [6.07, 6.45) is 2.30. The third-order valence-corrected chi connectivity index (χ3v) is 4.02. The second-order valence-corrected chi connectivity index (χ2v) is 6.43. The average molecular weight is 270 g/mol. The SMILES string of the molecule is CC(C)=CC(=O)N1[C@H](CC(C)C)SC[C@@H]1C(=O)[O-]. The first-order valence-corrected chi connectivity index (χ1v) is 7.17. The Morgan fingerprint density at radius 1 is 1.44 bits per heavy atom. The van der Waals surface area contributed by atoms with E-state index in [0.29, 0.717) is 11.7 Å². The lowest BCUT2D eigenvalue weighted by Gasteiger charge is -2.30. The van der Waals surface area contributed by atoms with Gasteiger partial charge in [0.05, 0.1) is 17.4 Å². The predicted molar refractivity (Wildman–Crippen MR) is 70.8 cm³/mol. The predicted octanol–water partition coefficient (Wildman–Crippen LogP) is 1.02. The number of carbonyl (C=O) groups excluding carboxylic acids is 2. The van der Waals surface area contributed by atoms with Crippen LogP contribution in [0.15, 0.2) is 11.6 Å². The van der Waals surface area contributed by atoms with Gasteiger partial charge < -0.3 is 14.8 Å². The van der Waals surface area contributed by atoms with Crippen molar-refractivity contribution < 1.29 is 14.7 Å². The largest absolute Gasteiger partial charge is 0.548 e. The zero-order valence-electron chi connectivity index (χ0n) is 11.3. The smallest absolute Gasteiger partial charge is 0.247 e. The number of rotatable bonds is 4. The van der Waals surface area contributed by atoms with Gasteiger partial charge in [0.1, 0.15) is 0 Å². The summed E-state index contributed by atoms with van der Waals surface area (Å²) in [7, 11) is 0. The topological polar surface area (TPSA) is 60.4 Å². The molecule has 0 spiro atoms. The van der Waals surface area contributed by atoms with Crippen molar-refractivity contribution in [3.8, 4) is 0 Å². The number of amides is 1. The fourth-order valence-corrected chi connectivity index (χ4v) is 3.58. The Balaban J connectivity index is 2.91. The molecule has 0 saturated carbocycles. The Hall–Kier alpha value is -0.970. The Morgan fingerprint density at radius 2 is 2.06 bits per heavy atom. The number of carbonyl (C=O) groups is 2. The maximum absolute atomic E-state index is 12.1. The summed E-state index contributed by atoms with van der Waals surface area (Å²) >= 11 is 1.53. The molecular weight excluding hydrogens is 250 g/mol. The summed E-state index contributed by atoms with van der Waals surface area (Å²) in [5.74, 6) is -0.545. The van der Waals surface area contributed by atoms with E-state index >= 15 is 0 Å². The molecular formula is C13H20NO3S-. The van der Waals surface area contributed by atoms with Crippen molar-refractivity contribution >= 4 is 23.6 Å². The molecule has 4 nitrogen and oxygen atoms in total. The van der Waals surface area contributed by atoms with E-state index in [4.69, 9.17) is 0 Å². The van der Waals surface area contributed by atoms with Crippen LogP contribution in [0.1, 0.15) is 34.1 Å². The average Bonchev–Trinajstić information content (AvgIpc) is 2.59. The number of hydrogen-bond donors (Lipinski definition) is 0. The first-order valence-electron chi connectivity index (χ1n) is 6.12. The highest BCUT2D eigenvalue weighted by Gasteiger charge is 2.37. The molecule has 5 heteroatoms. The minimum absolute atomic E-state index is 0.0593. The van der Waals surface area contributed by atoms with Crippen LogP contribution in [-0.2, 0) is 9.59 Å². The lowest BCUT2D eigenvalue weighted by molar-refractivity contribution is -0.310. The van der Waals surface area contributed by atoms with Crippen LogP contribution in [-0.4, -0.2) is 33.9 Å². The van der Waals surface area contributed by atoms with Crippen LogP contribution in [0, 0.1) is 5.92 Å². The van der Waals surface area contributed by atoms with Gasteiger partial charge in [0.15, 0.2) is 0 Å². The number of aliphatic carboxylic acids is 1. The van der Waals surface area contributed by atoms with Gasteiger partial charge in [-0.05, 0) is 26.2 Å². The van der Waals surface area contributed by atoms with Gasteiger partial charge in [0.2, 0.25) is 5.91 Å². The van der Waals surface area contributed by atoms with Crippen molar-refractivity contribution in [3.63, 3.8) is 0 Å². The Morgan fingerprint density at radius 3 is 2.50 bits per heavy atom. The van der Waals surface area contributed by atoms with E-state index in [2.05, 4.69) is 13.8 Å². The first-order chi connectivity index (χ1) is 8.32. The van der Waals surface area contributed by atoms with E-state index in [-0.39, 0.29) is 11.3 Å². The summed E-state index contributed by atoms with van der Waals surface area (Å²) in [4.78, 5) is 24.7. The molecule has 102 valence electrons. The molecule has 1 fully saturated rings. The van der Waals surface area contributed by atoms with Gasteiger partial charge >= 0.3 is 0 Å². The summed E-state index contributed by atoms with van der Waals surface area (Å²) in [6, 6.07) is -0.804. The molecule has 1 rings (SSSR count). The molecule has 1 amide bonds. The zero-order chi connectivity index (χ0) is 13.9. The van der Waals surface area contributed by atoms with Gasteiger partial charge in [-0.2, -0.15) is 0 Å². The standard InChI is InChI=1S/C13H21NO3S/c1-8(2)5-11(15)14-10(13(16)17)7-18-12(14)6-9(3)4/h5,9-10,12H,6-7H2,1-4H3,(H,16,17)/p-1/t10-,12+/m1/s1. The number of hydrogen-bond acceptors (Lipinski definition) is 4. The summed E-state index contributed by atoms with van der Waals surface area (Å²) in [6.45, 7) is 7.78. The number of allylic oxidation sites excluding steroid dienone is 1. The number of carboxylic acid groups (broad SMARTS) is 1. The van der Waals surface area contributed by atoms with Crippen molar-refractivity contribution in [2.75, 3.05) is 5.75 Å². The Kier molecular flexibility index (Phi) is 5.26. The van der Waals surface area contributed by atoms with Crippen LogP contribution in [0.5, 0.6) is 0 Å². The second-order valence-electron chi connectivity index (χ2n) is 5.22. The maximum Gasteiger partial charge on any atom is 0.247 e. The second kappa shape index (κ2) is 6.27. The van der Waals surface area contributed by atoms with Crippen molar-refractivity contribution in [2.24, 2.45) is 5.92 Å². The minimum Gasteiger partial charge on any atom is -0.548 e. The quantitative estimate of drug-likeness (QED) is 0.716. The highest BCUT2D eigenvalue weighted by molar-refractivity contribution is 8.00. The van der Waals surface area contributed by atoms with Crippen LogP contribution in [0.3, 0.4) is 0 Å². The third kappa shape index (κ3) is 3.77. The number of carboxylic acids is 1. The Labute approximate surface area is 112 Å². The maximum atomic E-state index is 12.1. The van der Waals surface area contributed by atoms with Crippen molar-refractivity contribution in [1.29, 1.82) is 0 Å². The van der Waals surface area contributed by atoms with Crippen LogP contribution in [0.2, 0.25) is 0 Å². The highest BCUT2D eigenvalue weighted by Crippen LogP contribution is 2.33. The van der Waals surface area contributed by atoms with Crippen LogP contribution >= 0.6 is 11.8 Å². The third-order valence-electron chi connectivity index (χ3n) is 2.70. The lowest BCUT2D eigenvalue weighted by Crippen LogP contribution is -2.50. The van der Waals surface area contributed by atoms with Crippen LogP contribution < -0.4 is 5.11 Å². The molecule has 0 aliphatic carbocycles. The van der Waals surface area contributed by atoms with Crippen molar-refractivity contribution in [2.45, 2.75) is 45.5 Å². The molecule has 1 saturated heterocycles. The van der Waals surface area contributed by atoms with E-state index in [1.807, 2.05) is 13.8 Å². The van der Waals surface area contributed by atoms with Gasteiger partial charge in [-0.15, -0.1) is 11.8 Å². The molecule has 0 aromatic carbocycles. The molecule has 18 heavy (non-hydrogen) atoms. The van der Waals surface area contributed by atoms with Gasteiger partial charge in [0, 0.05) is 11.8 Å². The van der Waals surface area contributed by atoms with Gasteiger partial charge in [-0.25, -0.2) is 0 Å². The fourth-order valence-electron chi connectivity index (χ4n) is 1.95. The molecule has 0 radical (unpaired) electrons. The molecule has 0 aromatic rings. The zero-order valence-corrected chi connectivity index (χ0v) is 12.1. The molecule has 0 N–H and O–H groups in total. The number of nitrogens with zero attached hydrogens (tertiary/aromatic N) is 1. The summed E-state index contributed by atoms with van der Waals surface area (Å²) in [5, 5.41) is 11.0. The van der Waals surface area contributed by atoms with Crippen molar-refractivity contribution in [3.05, 3.63) is 11.6 Å². The van der Waals surface area contributed by atoms with Gasteiger partial charge in [0.25, 0.3) is 0 Å². The molecule has 0 unspecified atom stereocenters. The van der Waals surface area contributed by atoms with E-state index in [0.717, 1.165) is 12.0 Å². The van der Waals surface area contributed by atoms with E-state index in [1.165, 1.54) is 22.7 Å². The van der Waals surface area contributed by atoms with Crippen LogP contribution in [0.25, 0.3) is 0 Å². The molecule has 0 aromatic heterocycles. The van der Waals surface area contributed by atoms with Crippen molar-refractivity contribution in [1.82, 2.24) is 4.90 Å². The van der Waals surface area contributed by atoms with Crippen LogP contribution in [0.4, 0.5) is 0 Å². The molecule has 2 atom stereocenters. The first kappa shape index (κ1) is 15.1. The molecule has 0 bridgehead atoms. The molecule has 1 heterocycles. The Bertz CT molecular complexity index is 361. The van der Waals surface area contributed by atoms with E-state index < -0.39 is 12.0 Å². The summed E-state index contributed by atoms with van der Waals surface area (Å²) < 4.78 is 0. The highest BCUT2D eigenvalue weighted by atomic mass is 32.2. The molecule has 1 aliphatic heterocycles. The number of thioether (sulfide) groups is 1. The molecule has 1 aliphatic rings.